The van der Waals surface area contributed by atoms with Gasteiger partial charge in [0, 0.05) is 19.6 Å². The number of rotatable bonds is 18. The summed E-state index contributed by atoms with van der Waals surface area (Å²) < 4.78 is 0. The minimum Gasteiger partial charge on any atom is -0.396 e. The van der Waals surface area contributed by atoms with Gasteiger partial charge >= 0.3 is 0 Å². The Labute approximate surface area is 374 Å². The van der Waals surface area contributed by atoms with E-state index < -0.39 is 0 Å². The van der Waals surface area contributed by atoms with Gasteiger partial charge in [0.15, 0.2) is 0 Å². The molecule has 7 heteroatoms. The molecule has 0 saturated carbocycles. The minimum atomic E-state index is 0. The Morgan fingerprint density at radius 1 is 0.439 bits per heavy atom. The van der Waals surface area contributed by atoms with Crippen molar-refractivity contribution in [3.63, 3.8) is 0 Å². The van der Waals surface area contributed by atoms with Gasteiger partial charge in [0.25, 0.3) is 0 Å². The highest BCUT2D eigenvalue weighted by molar-refractivity contribution is 5.76. The summed E-state index contributed by atoms with van der Waals surface area (Å²) in [5, 5.41) is 22.8. The summed E-state index contributed by atoms with van der Waals surface area (Å²) in [6.07, 6.45) is 21.4. The van der Waals surface area contributed by atoms with Crippen LogP contribution in [0.2, 0.25) is 0 Å². The summed E-state index contributed by atoms with van der Waals surface area (Å²) in [5.74, 6) is 1.89. The molecule has 0 aliphatic heterocycles. The van der Waals surface area contributed by atoms with Crippen molar-refractivity contribution in [2.24, 2.45) is 34.8 Å². The highest BCUT2D eigenvalue weighted by Crippen LogP contribution is 2.01. The van der Waals surface area contributed by atoms with E-state index in [1.54, 1.807) is 0 Å². The van der Waals surface area contributed by atoms with Crippen LogP contribution in [0.4, 0.5) is 0 Å². The Kier molecular flexibility index (Phi) is 361. The van der Waals surface area contributed by atoms with Gasteiger partial charge in [-0.25, -0.2) is 0 Å². The van der Waals surface area contributed by atoms with E-state index in [4.69, 9.17) is 38.6 Å². The zero-order chi connectivity index (χ0) is 39.0. The maximum atomic E-state index is 8.07. The van der Waals surface area contributed by atoms with Crippen molar-refractivity contribution in [3.8, 4) is 0 Å². The fraction of sp³-hybridized carbons (Fsp3) is 0.980. The van der Waals surface area contributed by atoms with Crippen molar-refractivity contribution in [1.82, 2.24) is 0 Å². The lowest BCUT2D eigenvalue weighted by Gasteiger charge is -1.95. The van der Waals surface area contributed by atoms with Crippen LogP contribution in [0.25, 0.3) is 0 Å². The molecule has 0 heterocycles. The second kappa shape index (κ2) is 166. The first-order valence-electron chi connectivity index (χ1n) is 20.0. The van der Waals surface area contributed by atoms with Crippen molar-refractivity contribution in [2.45, 2.75) is 287 Å². The molecule has 7 nitrogen and oxygen atoms in total. The third kappa shape index (κ3) is 382. The Morgan fingerprint density at radius 3 is 0.825 bits per heavy atom. The van der Waals surface area contributed by atoms with Crippen molar-refractivity contribution < 1.29 is 10.2 Å². The summed E-state index contributed by atoms with van der Waals surface area (Å²) in [4.78, 5) is 0. The van der Waals surface area contributed by atoms with E-state index in [1.807, 2.05) is 20.8 Å². The number of amidine groups is 1. The largest absolute Gasteiger partial charge is 0.396 e. The van der Waals surface area contributed by atoms with Gasteiger partial charge in [-0.3, -0.25) is 5.41 Å². The van der Waals surface area contributed by atoms with Gasteiger partial charge in [0.05, 0.1) is 5.84 Å². The number of hydrogen-bond donors (Lipinski definition) is 7. The predicted molar refractivity (Wildman–Crippen MR) is 290 cm³/mol. The lowest BCUT2D eigenvalue weighted by Crippen LogP contribution is -2.08. The van der Waals surface area contributed by atoms with Crippen molar-refractivity contribution >= 4 is 5.84 Å². The molecule has 0 fully saturated rings. The van der Waals surface area contributed by atoms with E-state index in [-0.39, 0.29) is 74.3 Å². The maximum absolute atomic E-state index is 8.07. The van der Waals surface area contributed by atoms with Gasteiger partial charge in [-0.1, -0.05) is 248 Å². The molecule has 0 atom stereocenters. The maximum Gasteiger partial charge on any atom is 0.0905 e. The smallest absolute Gasteiger partial charge is 0.0905 e. The Hall–Kier alpha value is -0.730. The second-order valence-electron chi connectivity index (χ2n) is 12.0. The van der Waals surface area contributed by atoms with Gasteiger partial charge in [-0.2, -0.15) is 0 Å². The molecule has 0 unspecified atom stereocenters. The molecule has 57 heavy (non-hydrogen) atoms. The summed E-state index contributed by atoms with van der Waals surface area (Å²) in [7, 11) is 0. The first kappa shape index (κ1) is 124. The number of nitrogens with one attached hydrogen (secondary N) is 1. The van der Waals surface area contributed by atoms with Gasteiger partial charge in [0.2, 0.25) is 0 Å². The van der Waals surface area contributed by atoms with Crippen LogP contribution >= 0.6 is 0 Å². The predicted octanol–water partition coefficient (Wildman–Crippen LogP) is 17.6. The molecule has 0 rings (SSSR count). The van der Waals surface area contributed by atoms with Gasteiger partial charge in [-0.15, -0.1) is 0 Å². The monoisotopic (exact) mass is 844 g/mol. The van der Waals surface area contributed by atoms with E-state index in [2.05, 4.69) is 76.2 Å². The zero-order valence-corrected chi connectivity index (χ0v) is 35.6. The van der Waals surface area contributed by atoms with Crippen LogP contribution in [0.5, 0.6) is 0 Å². The molecular weight excluding hydrogens is 703 g/mol. The number of hydrogen-bond acceptors (Lipinski definition) is 6. The lowest BCUT2D eigenvalue weighted by atomic mass is 10.1. The minimum absolute atomic E-state index is 0. The van der Waals surface area contributed by atoms with E-state index in [9.17, 15) is 0 Å². The molecule has 0 aromatic rings. The lowest BCUT2D eigenvalue weighted by molar-refractivity contribution is 0.287. The molecule has 0 bridgehead atoms. The normalized spacial score (nSPS) is 7.18. The Morgan fingerprint density at radius 2 is 0.702 bits per heavy atom. The fourth-order valence-corrected chi connectivity index (χ4v) is 2.44. The molecule has 0 radical (unpaired) electrons. The Bertz CT molecular complexity index is 376. The first-order valence-corrected chi connectivity index (χ1v) is 20.0. The van der Waals surface area contributed by atoms with E-state index in [1.165, 1.54) is 83.5 Å². The van der Waals surface area contributed by atoms with Crippen LogP contribution < -0.4 is 22.9 Å². The highest BCUT2D eigenvalue weighted by atomic mass is 16.3. The van der Waals surface area contributed by atoms with Gasteiger partial charge < -0.3 is 33.1 Å². The van der Waals surface area contributed by atoms with Crippen LogP contribution in [0.3, 0.4) is 0 Å². The fourth-order valence-electron chi connectivity index (χ4n) is 2.44. The van der Waals surface area contributed by atoms with Crippen molar-refractivity contribution in [1.29, 1.82) is 5.41 Å². The molecule has 0 aromatic heterocycles. The van der Waals surface area contributed by atoms with Gasteiger partial charge in [-0.05, 0) is 63.6 Å². The van der Waals surface area contributed by atoms with E-state index in [0.29, 0.717) is 25.0 Å². The van der Waals surface area contributed by atoms with Crippen LogP contribution in [-0.2, 0) is 0 Å². The number of nitrogens with two attached hydrogens (primary N) is 4. The Balaban J connectivity index is -0.0000000167. The molecule has 0 aliphatic rings. The average Bonchev–Trinajstić information content (AvgIpc) is 3.05. The van der Waals surface area contributed by atoms with Crippen molar-refractivity contribution in [2.75, 3.05) is 32.8 Å². The SMILES string of the molecule is C.C.C.C.C.C.C.C.C.C.CC.CC(C)CN.CCC.CCCC(C)C.CCCCCCC(=N)N.CCCCCCN.CCCCCN.CCCCO.CCCO. The highest BCUT2D eigenvalue weighted by Gasteiger charge is 1.89. The van der Waals surface area contributed by atoms with Crippen LogP contribution in [0.1, 0.15) is 287 Å². The standard InChI is InChI=1S/C7H16N2.C6H15N.C6H14.C5H13N.C4H11N.C4H10O.C3H8O.C3H8.C2H6.10CH4/c1-2-3-4-5-6-7(8)9;1-2-3-4-5-6-7;1-4-5-6(2)3;1-2-3-4-5-6;1-4(2)3-5;1-2-3-4-5;1-2-3-4;1-3-2;1-2;;;;;;;;;;/h2-6H2,1H3,(H3,8,9);2-7H2,1H3;6H,4-5H2,1-3H3;2-6H2,1H3;4H,3,5H2,1-2H3;5H,2-4H2,1H3;4H,2-3H2,1H3;3H2,1-2H3;1-2H3;10*1H4. The first-order chi connectivity index (χ1) is 22.4. The van der Waals surface area contributed by atoms with Crippen molar-refractivity contribution in [3.05, 3.63) is 0 Å². The van der Waals surface area contributed by atoms with E-state index >= 15 is 0 Å². The molecular formula is C50H141N5O2. The number of unbranched alkanes of at least 4 members (excludes halogenated alkanes) is 9. The topological polar surface area (TPSA) is 168 Å². The van der Waals surface area contributed by atoms with Gasteiger partial charge in [0.1, 0.15) is 0 Å². The molecule has 0 aliphatic carbocycles. The summed E-state index contributed by atoms with van der Waals surface area (Å²) in [6.45, 7) is 32.9. The summed E-state index contributed by atoms with van der Waals surface area (Å²) in [5.41, 5.74) is 20.8. The molecule has 378 valence electrons. The van der Waals surface area contributed by atoms with Crippen LogP contribution in [0, 0.1) is 17.2 Å². The second-order valence-corrected chi connectivity index (χ2v) is 12.0. The molecule has 0 saturated heterocycles. The molecule has 0 aromatic carbocycles. The summed E-state index contributed by atoms with van der Waals surface area (Å²) >= 11 is 0. The zero-order valence-electron chi connectivity index (χ0n) is 35.6. The van der Waals surface area contributed by atoms with Crippen LogP contribution in [-0.4, -0.2) is 48.9 Å². The van der Waals surface area contributed by atoms with E-state index in [0.717, 1.165) is 57.7 Å². The van der Waals surface area contributed by atoms with Crippen LogP contribution in [0.15, 0.2) is 0 Å². The average molecular weight is 845 g/mol. The number of aliphatic hydroxyl groups is 2. The number of aliphatic hydroxyl groups excluding tert-OH is 2. The molecule has 0 amide bonds. The third-order valence-corrected chi connectivity index (χ3v) is 5.24. The quantitative estimate of drug-likeness (QED) is 0.0412. The molecule has 11 N–H and O–H groups in total. The molecule has 0 spiro atoms. The third-order valence-electron chi connectivity index (χ3n) is 5.24. The summed E-state index contributed by atoms with van der Waals surface area (Å²) in [6, 6.07) is 0.